The number of benzene rings is 1. The van der Waals surface area contributed by atoms with Crippen molar-refractivity contribution < 1.29 is 9.90 Å². The number of carboxylic acid groups (broad SMARTS) is 1. The quantitative estimate of drug-likeness (QED) is 0.811. The van der Waals surface area contributed by atoms with Crippen LogP contribution in [0.3, 0.4) is 0 Å². The molecule has 0 bridgehead atoms. The van der Waals surface area contributed by atoms with E-state index in [4.69, 9.17) is 16.7 Å². The van der Waals surface area contributed by atoms with Crippen molar-refractivity contribution in [3.63, 3.8) is 0 Å². The fourth-order valence-electron chi connectivity index (χ4n) is 1.18. The molecule has 0 unspecified atom stereocenters. The van der Waals surface area contributed by atoms with E-state index in [-0.39, 0.29) is 6.42 Å². The second-order valence-electron chi connectivity index (χ2n) is 2.85. The van der Waals surface area contributed by atoms with Crippen LogP contribution in [0.5, 0.6) is 0 Å². The van der Waals surface area contributed by atoms with Gasteiger partial charge < -0.3 is 5.11 Å². The average molecular weight is 199 g/mol. The van der Waals surface area contributed by atoms with Crippen molar-refractivity contribution in [2.45, 2.75) is 19.8 Å². The third kappa shape index (κ3) is 2.74. The lowest BCUT2D eigenvalue weighted by atomic mass is 10.1. The molecule has 13 heavy (non-hydrogen) atoms. The highest BCUT2D eigenvalue weighted by atomic mass is 35.5. The lowest BCUT2D eigenvalue weighted by Crippen LogP contribution is -2.00. The fraction of sp³-hybridized carbons (Fsp3) is 0.300. The van der Waals surface area contributed by atoms with E-state index in [1.165, 1.54) is 0 Å². The van der Waals surface area contributed by atoms with Crippen LogP contribution in [0.25, 0.3) is 0 Å². The third-order valence-electron chi connectivity index (χ3n) is 1.85. The molecule has 0 saturated carbocycles. The largest absolute Gasteiger partial charge is 0.481 e. The molecular weight excluding hydrogens is 188 g/mol. The molecule has 0 spiro atoms. The average Bonchev–Trinajstić information content (AvgIpc) is 2.07. The van der Waals surface area contributed by atoms with Gasteiger partial charge in [-0.05, 0) is 23.6 Å². The number of hydrogen-bond acceptors (Lipinski definition) is 1. The maximum atomic E-state index is 10.4. The van der Waals surface area contributed by atoms with Gasteiger partial charge in [0.2, 0.25) is 0 Å². The van der Waals surface area contributed by atoms with Crippen LogP contribution in [0.4, 0.5) is 0 Å². The summed E-state index contributed by atoms with van der Waals surface area (Å²) in [5.41, 5.74) is 1.80. The highest BCUT2D eigenvalue weighted by molar-refractivity contribution is 6.31. The molecule has 0 amide bonds. The smallest absolute Gasteiger partial charge is 0.307 e. The Morgan fingerprint density at radius 2 is 2.23 bits per heavy atom. The summed E-state index contributed by atoms with van der Waals surface area (Å²) < 4.78 is 0. The summed E-state index contributed by atoms with van der Waals surface area (Å²) in [4.78, 5) is 10.4. The van der Waals surface area contributed by atoms with Crippen LogP contribution in [0.2, 0.25) is 5.02 Å². The minimum atomic E-state index is -0.815. The molecule has 0 aliphatic heterocycles. The van der Waals surface area contributed by atoms with E-state index in [0.29, 0.717) is 5.02 Å². The highest BCUT2D eigenvalue weighted by Crippen LogP contribution is 2.18. The molecule has 0 fully saturated rings. The van der Waals surface area contributed by atoms with Crippen molar-refractivity contribution >= 4 is 17.6 Å². The van der Waals surface area contributed by atoms with E-state index < -0.39 is 5.97 Å². The molecule has 70 valence electrons. The first-order valence-electron chi connectivity index (χ1n) is 4.12. The van der Waals surface area contributed by atoms with Crippen LogP contribution in [-0.4, -0.2) is 11.1 Å². The zero-order valence-corrected chi connectivity index (χ0v) is 8.14. The predicted octanol–water partition coefficient (Wildman–Crippen LogP) is 2.53. The summed E-state index contributed by atoms with van der Waals surface area (Å²) >= 11 is 5.89. The molecule has 0 aliphatic carbocycles. The van der Waals surface area contributed by atoms with Gasteiger partial charge in [0.25, 0.3) is 0 Å². The molecule has 0 atom stereocenters. The standard InChI is InChI=1S/C10H11ClO2/c1-2-8-5-7(6-10(12)13)3-4-9(8)11/h3-5H,2,6H2,1H3,(H,12,13). The SMILES string of the molecule is CCc1cc(CC(=O)O)ccc1Cl. The number of halogens is 1. The maximum Gasteiger partial charge on any atom is 0.307 e. The van der Waals surface area contributed by atoms with Gasteiger partial charge in [0.05, 0.1) is 6.42 Å². The van der Waals surface area contributed by atoms with Crippen LogP contribution < -0.4 is 0 Å². The van der Waals surface area contributed by atoms with Gasteiger partial charge in [0.15, 0.2) is 0 Å². The van der Waals surface area contributed by atoms with E-state index in [1.54, 1.807) is 12.1 Å². The molecule has 0 aliphatic rings. The van der Waals surface area contributed by atoms with Gasteiger partial charge in [-0.1, -0.05) is 30.7 Å². The molecule has 3 heteroatoms. The minimum Gasteiger partial charge on any atom is -0.481 e. The number of hydrogen-bond donors (Lipinski definition) is 1. The van der Waals surface area contributed by atoms with Crippen LogP contribution in [-0.2, 0) is 17.6 Å². The topological polar surface area (TPSA) is 37.3 Å². The Balaban J connectivity index is 2.92. The summed E-state index contributed by atoms with van der Waals surface area (Å²) in [5.74, 6) is -0.815. The van der Waals surface area contributed by atoms with Crippen molar-refractivity contribution in [1.29, 1.82) is 0 Å². The van der Waals surface area contributed by atoms with Gasteiger partial charge in [0, 0.05) is 5.02 Å². The molecule has 0 aromatic heterocycles. The van der Waals surface area contributed by atoms with Gasteiger partial charge >= 0.3 is 5.97 Å². The van der Waals surface area contributed by atoms with E-state index in [0.717, 1.165) is 17.5 Å². The summed E-state index contributed by atoms with van der Waals surface area (Å²) in [5, 5.41) is 9.27. The van der Waals surface area contributed by atoms with Gasteiger partial charge in [-0.15, -0.1) is 0 Å². The monoisotopic (exact) mass is 198 g/mol. The summed E-state index contributed by atoms with van der Waals surface area (Å²) in [6.07, 6.45) is 0.885. The molecule has 1 aromatic rings. The van der Waals surface area contributed by atoms with Gasteiger partial charge in [-0.3, -0.25) is 4.79 Å². The first-order chi connectivity index (χ1) is 6.13. The van der Waals surface area contributed by atoms with Gasteiger partial charge in [0.1, 0.15) is 0 Å². The molecule has 0 radical (unpaired) electrons. The lowest BCUT2D eigenvalue weighted by molar-refractivity contribution is -0.136. The Bertz CT molecular complexity index is 321. The van der Waals surface area contributed by atoms with Crippen molar-refractivity contribution in [3.8, 4) is 0 Å². The first-order valence-corrected chi connectivity index (χ1v) is 4.50. The minimum absolute atomic E-state index is 0.0597. The number of aliphatic carboxylic acids is 1. The summed E-state index contributed by atoms with van der Waals surface area (Å²) in [6, 6.07) is 5.34. The summed E-state index contributed by atoms with van der Waals surface area (Å²) in [6.45, 7) is 1.99. The zero-order valence-electron chi connectivity index (χ0n) is 7.38. The first kappa shape index (κ1) is 10.1. The Kier molecular flexibility index (Phi) is 3.32. The van der Waals surface area contributed by atoms with Crippen molar-refractivity contribution in [2.24, 2.45) is 0 Å². The van der Waals surface area contributed by atoms with E-state index in [2.05, 4.69) is 0 Å². The highest BCUT2D eigenvalue weighted by Gasteiger charge is 2.03. The van der Waals surface area contributed by atoms with Crippen LogP contribution in [0.1, 0.15) is 18.1 Å². The number of aryl methyl sites for hydroxylation is 1. The fourth-order valence-corrected chi connectivity index (χ4v) is 1.43. The Morgan fingerprint density at radius 3 is 2.77 bits per heavy atom. The molecule has 2 nitrogen and oxygen atoms in total. The lowest BCUT2D eigenvalue weighted by Gasteiger charge is -2.03. The molecule has 0 heterocycles. The number of rotatable bonds is 3. The van der Waals surface area contributed by atoms with Crippen LogP contribution >= 0.6 is 11.6 Å². The van der Waals surface area contributed by atoms with Crippen molar-refractivity contribution in [2.75, 3.05) is 0 Å². The molecular formula is C10H11ClO2. The predicted molar refractivity (Wildman–Crippen MR) is 52.2 cm³/mol. The number of carbonyl (C=O) groups is 1. The molecule has 1 N–H and O–H groups in total. The van der Waals surface area contributed by atoms with E-state index in [1.807, 2.05) is 13.0 Å². The van der Waals surface area contributed by atoms with Crippen LogP contribution in [0, 0.1) is 0 Å². The number of carboxylic acids is 1. The van der Waals surface area contributed by atoms with E-state index in [9.17, 15) is 4.79 Å². The molecule has 0 saturated heterocycles. The Hall–Kier alpha value is -1.02. The van der Waals surface area contributed by atoms with E-state index >= 15 is 0 Å². The third-order valence-corrected chi connectivity index (χ3v) is 2.22. The van der Waals surface area contributed by atoms with Gasteiger partial charge in [-0.2, -0.15) is 0 Å². The zero-order chi connectivity index (χ0) is 9.84. The maximum absolute atomic E-state index is 10.4. The molecule has 1 rings (SSSR count). The second kappa shape index (κ2) is 4.28. The second-order valence-corrected chi connectivity index (χ2v) is 3.26. The van der Waals surface area contributed by atoms with Crippen molar-refractivity contribution in [3.05, 3.63) is 34.3 Å². The summed E-state index contributed by atoms with van der Waals surface area (Å²) in [7, 11) is 0. The van der Waals surface area contributed by atoms with Crippen molar-refractivity contribution in [1.82, 2.24) is 0 Å². The Morgan fingerprint density at radius 1 is 1.54 bits per heavy atom. The Labute approximate surface area is 82.2 Å². The normalized spacial score (nSPS) is 10.0. The van der Waals surface area contributed by atoms with Gasteiger partial charge in [-0.25, -0.2) is 0 Å². The molecule has 1 aromatic carbocycles. The van der Waals surface area contributed by atoms with Crippen LogP contribution in [0.15, 0.2) is 18.2 Å².